The molecular formula is C22H18Br2O4. The summed E-state index contributed by atoms with van der Waals surface area (Å²) in [5.74, 6) is 1.90. The molecule has 3 aromatic rings. The highest BCUT2D eigenvalue weighted by Gasteiger charge is 2.38. The number of hydrogen-bond donors (Lipinski definition) is 1. The lowest BCUT2D eigenvalue weighted by atomic mass is 9.85. The minimum absolute atomic E-state index is 0.0889. The molecule has 1 N–H and O–H groups in total. The van der Waals surface area contributed by atoms with E-state index in [0.717, 1.165) is 31.4 Å². The van der Waals surface area contributed by atoms with Crippen molar-refractivity contribution in [3.63, 3.8) is 0 Å². The number of phenolic OH excluding ortho intramolecular Hbond substituents is 1. The van der Waals surface area contributed by atoms with Gasteiger partial charge in [0.1, 0.15) is 17.6 Å². The summed E-state index contributed by atoms with van der Waals surface area (Å²) < 4.78 is 18.8. The minimum atomic E-state index is -0.242. The van der Waals surface area contributed by atoms with Crippen LogP contribution >= 0.6 is 31.9 Å². The molecule has 28 heavy (non-hydrogen) atoms. The molecule has 4 nitrogen and oxygen atoms in total. The highest BCUT2D eigenvalue weighted by molar-refractivity contribution is 9.11. The van der Waals surface area contributed by atoms with Crippen LogP contribution in [0, 0.1) is 0 Å². The van der Waals surface area contributed by atoms with Crippen LogP contribution in [0.25, 0.3) is 0 Å². The highest BCUT2D eigenvalue weighted by atomic mass is 79.9. The molecule has 1 heterocycles. The van der Waals surface area contributed by atoms with Gasteiger partial charge in [0.05, 0.1) is 20.1 Å². The molecule has 2 atom stereocenters. The van der Waals surface area contributed by atoms with Crippen molar-refractivity contribution in [3.8, 4) is 23.0 Å². The third-order valence-corrected chi connectivity index (χ3v) is 5.81. The number of phenols is 1. The number of rotatable bonds is 4. The fraction of sp³-hybridized carbons (Fsp3) is 0.182. The molecule has 0 unspecified atom stereocenters. The Morgan fingerprint density at radius 1 is 0.857 bits per heavy atom. The van der Waals surface area contributed by atoms with Gasteiger partial charge in [0.15, 0.2) is 11.5 Å². The van der Waals surface area contributed by atoms with E-state index in [9.17, 15) is 5.11 Å². The van der Waals surface area contributed by atoms with Crippen LogP contribution in [0.5, 0.6) is 23.0 Å². The molecule has 0 bridgehead atoms. The van der Waals surface area contributed by atoms with Gasteiger partial charge in [-0.2, -0.15) is 0 Å². The van der Waals surface area contributed by atoms with Gasteiger partial charge in [-0.1, -0.05) is 44.0 Å². The first-order valence-corrected chi connectivity index (χ1v) is 10.3. The second kappa shape index (κ2) is 7.68. The van der Waals surface area contributed by atoms with Crippen molar-refractivity contribution in [2.75, 3.05) is 14.2 Å². The number of benzene rings is 3. The van der Waals surface area contributed by atoms with E-state index >= 15 is 0 Å². The van der Waals surface area contributed by atoms with Crippen LogP contribution in [0.15, 0.2) is 63.5 Å². The fourth-order valence-electron chi connectivity index (χ4n) is 3.61. The lowest BCUT2D eigenvalue weighted by Gasteiger charge is -2.21. The van der Waals surface area contributed by atoms with Gasteiger partial charge in [0.25, 0.3) is 0 Å². The van der Waals surface area contributed by atoms with Crippen LogP contribution in [0.3, 0.4) is 0 Å². The Bertz CT molecular complexity index is 998. The molecule has 1 aliphatic heterocycles. The molecule has 0 spiro atoms. The largest absolute Gasteiger partial charge is 0.504 e. The maximum atomic E-state index is 10.4. The normalized spacial score (nSPS) is 17.7. The van der Waals surface area contributed by atoms with Gasteiger partial charge in [0.2, 0.25) is 0 Å². The van der Waals surface area contributed by atoms with E-state index in [2.05, 4.69) is 44.0 Å². The molecule has 0 fully saturated rings. The molecule has 0 saturated carbocycles. The number of methoxy groups -OCH3 is 2. The summed E-state index contributed by atoms with van der Waals surface area (Å²) in [6.07, 6.45) is -0.242. The fourth-order valence-corrected chi connectivity index (χ4v) is 4.93. The van der Waals surface area contributed by atoms with E-state index in [4.69, 9.17) is 14.2 Å². The van der Waals surface area contributed by atoms with Gasteiger partial charge < -0.3 is 19.3 Å². The lowest BCUT2D eigenvalue weighted by Crippen LogP contribution is -2.11. The van der Waals surface area contributed by atoms with E-state index in [-0.39, 0.29) is 17.8 Å². The Hall–Kier alpha value is -2.18. The van der Waals surface area contributed by atoms with Gasteiger partial charge in [-0.3, -0.25) is 0 Å². The Kier molecular flexibility index (Phi) is 5.25. The van der Waals surface area contributed by atoms with Crippen LogP contribution in [0.4, 0.5) is 0 Å². The average Bonchev–Trinajstić information content (AvgIpc) is 3.04. The monoisotopic (exact) mass is 504 g/mol. The number of fused-ring (bicyclic) bond motifs is 1. The molecule has 0 radical (unpaired) electrons. The van der Waals surface area contributed by atoms with Crippen molar-refractivity contribution in [2.45, 2.75) is 12.0 Å². The maximum Gasteiger partial charge on any atom is 0.164 e. The number of aromatic hydroxyl groups is 1. The minimum Gasteiger partial charge on any atom is -0.504 e. The Morgan fingerprint density at radius 2 is 1.54 bits per heavy atom. The smallest absolute Gasteiger partial charge is 0.164 e. The van der Waals surface area contributed by atoms with E-state index in [1.54, 1.807) is 19.2 Å². The van der Waals surface area contributed by atoms with Gasteiger partial charge in [-0.15, -0.1) is 0 Å². The molecule has 6 heteroatoms. The van der Waals surface area contributed by atoms with Gasteiger partial charge in [0, 0.05) is 20.6 Å². The van der Waals surface area contributed by atoms with E-state index in [0.29, 0.717) is 11.5 Å². The summed E-state index contributed by atoms with van der Waals surface area (Å²) in [4.78, 5) is 0. The quantitative estimate of drug-likeness (QED) is 0.458. The summed E-state index contributed by atoms with van der Waals surface area (Å²) in [6, 6.07) is 17.5. The van der Waals surface area contributed by atoms with Crippen LogP contribution < -0.4 is 14.2 Å². The molecule has 0 aromatic heterocycles. The third-order valence-electron chi connectivity index (χ3n) is 4.89. The second-order valence-electron chi connectivity index (χ2n) is 6.55. The van der Waals surface area contributed by atoms with Gasteiger partial charge in [-0.25, -0.2) is 0 Å². The van der Waals surface area contributed by atoms with Crippen molar-refractivity contribution in [3.05, 3.63) is 80.2 Å². The summed E-state index contributed by atoms with van der Waals surface area (Å²) in [7, 11) is 3.17. The van der Waals surface area contributed by atoms with Crippen LogP contribution in [0.1, 0.15) is 28.7 Å². The molecule has 1 aliphatic rings. The summed E-state index contributed by atoms with van der Waals surface area (Å²) >= 11 is 7.15. The summed E-state index contributed by atoms with van der Waals surface area (Å²) in [5.41, 5.74) is 3.02. The molecular weight excluding hydrogens is 488 g/mol. The average molecular weight is 506 g/mol. The summed E-state index contributed by atoms with van der Waals surface area (Å²) in [5, 5.41) is 10.4. The first-order chi connectivity index (χ1) is 13.5. The Morgan fingerprint density at radius 3 is 2.14 bits per heavy atom. The standard InChI is InChI=1S/C22H18Br2O4/c1-26-16-5-3-12(4-6-16)22-21(13-7-14(23)9-15(24)8-13)17-10-18(25)20(27-2)11-19(17)28-22/h3-11,21-22,25H,1-2H3/t21-,22+/m1/s1. The van der Waals surface area contributed by atoms with Crippen molar-refractivity contribution in [2.24, 2.45) is 0 Å². The van der Waals surface area contributed by atoms with Crippen molar-refractivity contribution in [1.29, 1.82) is 0 Å². The second-order valence-corrected chi connectivity index (χ2v) is 8.39. The van der Waals surface area contributed by atoms with E-state index < -0.39 is 0 Å². The van der Waals surface area contributed by atoms with Crippen molar-refractivity contribution < 1.29 is 19.3 Å². The van der Waals surface area contributed by atoms with Crippen molar-refractivity contribution in [1.82, 2.24) is 0 Å². The lowest BCUT2D eigenvalue weighted by molar-refractivity contribution is 0.221. The first kappa shape index (κ1) is 19.2. The molecule has 4 rings (SSSR count). The van der Waals surface area contributed by atoms with Crippen LogP contribution in [-0.4, -0.2) is 19.3 Å². The van der Waals surface area contributed by atoms with Crippen molar-refractivity contribution >= 4 is 31.9 Å². The third kappa shape index (κ3) is 3.47. The number of hydrogen-bond acceptors (Lipinski definition) is 4. The zero-order chi connectivity index (χ0) is 19.8. The molecule has 0 amide bonds. The SMILES string of the molecule is COc1ccc([C@@H]2Oc3cc(OC)c(O)cc3[C@H]2c2cc(Br)cc(Br)c2)cc1. The predicted molar refractivity (Wildman–Crippen MR) is 115 cm³/mol. The predicted octanol–water partition coefficient (Wildman–Crippen LogP) is 6.20. The highest BCUT2D eigenvalue weighted by Crippen LogP contribution is 2.53. The molecule has 3 aromatic carbocycles. The van der Waals surface area contributed by atoms with Crippen LogP contribution in [0.2, 0.25) is 0 Å². The van der Waals surface area contributed by atoms with E-state index in [1.807, 2.05) is 30.3 Å². The number of halogens is 2. The van der Waals surface area contributed by atoms with Gasteiger partial charge in [-0.05, 0) is 47.5 Å². The molecule has 144 valence electrons. The zero-order valence-corrected chi connectivity index (χ0v) is 18.5. The van der Waals surface area contributed by atoms with Gasteiger partial charge >= 0.3 is 0 Å². The van der Waals surface area contributed by atoms with E-state index in [1.165, 1.54) is 7.11 Å². The number of ether oxygens (including phenoxy) is 3. The Labute approximate surface area is 180 Å². The summed E-state index contributed by atoms with van der Waals surface area (Å²) in [6.45, 7) is 0. The topological polar surface area (TPSA) is 47.9 Å². The molecule has 0 aliphatic carbocycles. The Balaban J connectivity index is 1.86. The molecule has 0 saturated heterocycles. The zero-order valence-electron chi connectivity index (χ0n) is 15.3. The van der Waals surface area contributed by atoms with Crippen LogP contribution in [-0.2, 0) is 0 Å². The first-order valence-electron chi connectivity index (χ1n) is 8.67. The maximum absolute atomic E-state index is 10.4.